The standard InChI is InChI=1S/C19H23N5O2/c1-12-10-14(15-5-7-17(20)13(2)11-15)4-6-16(12)18(19(21)25)26-9-3-8-23-24-22/h4-7,10-11,18H,3,8-9,20H2,1-2H3,(H2,21,25). The molecule has 0 saturated carbocycles. The van der Waals surface area contributed by atoms with E-state index in [0.29, 0.717) is 13.0 Å². The molecule has 0 aliphatic carbocycles. The number of benzene rings is 2. The predicted octanol–water partition coefficient (Wildman–Crippen LogP) is 3.80. The molecular formula is C19H23N5O2. The topological polar surface area (TPSA) is 127 Å². The molecule has 2 rings (SSSR count). The summed E-state index contributed by atoms with van der Waals surface area (Å²) in [6, 6.07) is 11.7. The third kappa shape index (κ3) is 4.75. The van der Waals surface area contributed by atoms with E-state index in [1.165, 1.54) is 0 Å². The van der Waals surface area contributed by atoms with Gasteiger partial charge in [0, 0.05) is 23.8 Å². The Kier molecular flexibility index (Phi) is 6.60. The molecule has 0 bridgehead atoms. The molecule has 1 amide bonds. The highest BCUT2D eigenvalue weighted by Crippen LogP contribution is 2.28. The summed E-state index contributed by atoms with van der Waals surface area (Å²) >= 11 is 0. The number of nitrogens with two attached hydrogens (primary N) is 2. The molecule has 2 aromatic rings. The van der Waals surface area contributed by atoms with Gasteiger partial charge < -0.3 is 16.2 Å². The maximum atomic E-state index is 11.8. The number of ether oxygens (including phenoxy) is 1. The number of anilines is 1. The minimum Gasteiger partial charge on any atom is -0.399 e. The fourth-order valence-corrected chi connectivity index (χ4v) is 2.71. The zero-order valence-electron chi connectivity index (χ0n) is 15.0. The van der Waals surface area contributed by atoms with Crippen molar-refractivity contribution in [3.05, 3.63) is 63.5 Å². The minimum atomic E-state index is -0.830. The molecule has 0 saturated heterocycles. The van der Waals surface area contributed by atoms with Gasteiger partial charge in [0.25, 0.3) is 5.91 Å². The fraction of sp³-hybridized carbons (Fsp3) is 0.316. The molecule has 0 aromatic heterocycles. The zero-order chi connectivity index (χ0) is 19.1. The maximum Gasteiger partial charge on any atom is 0.251 e. The zero-order valence-corrected chi connectivity index (χ0v) is 15.0. The van der Waals surface area contributed by atoms with E-state index in [1.54, 1.807) is 0 Å². The lowest BCUT2D eigenvalue weighted by atomic mass is 9.96. The van der Waals surface area contributed by atoms with E-state index in [-0.39, 0.29) is 6.61 Å². The van der Waals surface area contributed by atoms with Gasteiger partial charge in [-0.3, -0.25) is 4.79 Å². The molecule has 0 fully saturated rings. The minimum absolute atomic E-state index is 0.283. The monoisotopic (exact) mass is 353 g/mol. The second-order valence-corrected chi connectivity index (χ2v) is 6.10. The quantitative estimate of drug-likeness (QED) is 0.246. The SMILES string of the molecule is Cc1cc(-c2ccc(C(OCCCN=[N+]=[N-])C(N)=O)c(C)c2)ccc1N. The van der Waals surface area contributed by atoms with Crippen LogP contribution in [0.15, 0.2) is 41.5 Å². The van der Waals surface area contributed by atoms with Crippen molar-refractivity contribution in [1.82, 2.24) is 0 Å². The van der Waals surface area contributed by atoms with Crippen LogP contribution in [-0.4, -0.2) is 19.1 Å². The average molecular weight is 353 g/mol. The van der Waals surface area contributed by atoms with Gasteiger partial charge in [0.1, 0.15) is 0 Å². The molecule has 0 heterocycles. The van der Waals surface area contributed by atoms with Crippen LogP contribution in [-0.2, 0) is 9.53 Å². The van der Waals surface area contributed by atoms with Crippen molar-refractivity contribution in [1.29, 1.82) is 0 Å². The number of azide groups is 1. The van der Waals surface area contributed by atoms with Gasteiger partial charge in [-0.05, 0) is 65.7 Å². The Morgan fingerprint density at radius 2 is 1.85 bits per heavy atom. The Morgan fingerprint density at radius 3 is 2.42 bits per heavy atom. The van der Waals surface area contributed by atoms with Crippen molar-refractivity contribution in [2.75, 3.05) is 18.9 Å². The summed E-state index contributed by atoms with van der Waals surface area (Å²) in [5, 5.41) is 3.44. The highest BCUT2D eigenvalue weighted by Gasteiger charge is 2.20. The number of nitrogens with zero attached hydrogens (tertiary/aromatic N) is 3. The smallest absolute Gasteiger partial charge is 0.251 e. The summed E-state index contributed by atoms with van der Waals surface area (Å²) < 4.78 is 5.62. The van der Waals surface area contributed by atoms with Crippen LogP contribution in [0, 0.1) is 13.8 Å². The number of rotatable bonds is 8. The highest BCUT2D eigenvalue weighted by molar-refractivity contribution is 5.81. The van der Waals surface area contributed by atoms with E-state index in [0.717, 1.165) is 33.5 Å². The van der Waals surface area contributed by atoms with E-state index in [4.69, 9.17) is 21.7 Å². The number of carbonyl (C=O) groups is 1. The van der Waals surface area contributed by atoms with Crippen molar-refractivity contribution in [2.24, 2.45) is 10.8 Å². The van der Waals surface area contributed by atoms with Crippen LogP contribution < -0.4 is 11.5 Å². The maximum absolute atomic E-state index is 11.8. The van der Waals surface area contributed by atoms with Gasteiger partial charge >= 0.3 is 0 Å². The Bertz CT molecular complexity index is 844. The fourth-order valence-electron chi connectivity index (χ4n) is 2.71. The second-order valence-electron chi connectivity index (χ2n) is 6.10. The van der Waals surface area contributed by atoms with Crippen LogP contribution in [0.5, 0.6) is 0 Å². The Morgan fingerprint density at radius 1 is 1.19 bits per heavy atom. The van der Waals surface area contributed by atoms with Crippen LogP contribution >= 0.6 is 0 Å². The summed E-state index contributed by atoms with van der Waals surface area (Å²) in [4.78, 5) is 14.5. The summed E-state index contributed by atoms with van der Waals surface area (Å²) in [6.45, 7) is 4.48. The van der Waals surface area contributed by atoms with Gasteiger partial charge in [0.2, 0.25) is 0 Å². The molecule has 1 unspecified atom stereocenters. The number of primary amides is 1. The number of aryl methyl sites for hydroxylation is 2. The third-order valence-corrected chi connectivity index (χ3v) is 4.16. The first-order chi connectivity index (χ1) is 12.4. The summed E-state index contributed by atoms with van der Waals surface area (Å²) in [5.74, 6) is -0.548. The molecule has 0 spiro atoms. The van der Waals surface area contributed by atoms with Crippen molar-refractivity contribution in [2.45, 2.75) is 26.4 Å². The van der Waals surface area contributed by atoms with E-state index < -0.39 is 12.0 Å². The first-order valence-corrected chi connectivity index (χ1v) is 8.33. The van der Waals surface area contributed by atoms with Gasteiger partial charge in [0.15, 0.2) is 6.10 Å². The number of hydrogen-bond donors (Lipinski definition) is 2. The molecule has 7 nitrogen and oxygen atoms in total. The Labute approximate surface area is 152 Å². The number of carbonyl (C=O) groups excluding carboxylic acids is 1. The van der Waals surface area contributed by atoms with Crippen LogP contribution in [0.2, 0.25) is 0 Å². The summed E-state index contributed by atoms with van der Waals surface area (Å²) in [7, 11) is 0. The Balaban J connectivity index is 2.21. The lowest BCUT2D eigenvalue weighted by Gasteiger charge is -2.18. The van der Waals surface area contributed by atoms with Crippen LogP contribution in [0.25, 0.3) is 21.6 Å². The number of nitrogen functional groups attached to an aromatic ring is 1. The molecule has 7 heteroatoms. The largest absolute Gasteiger partial charge is 0.399 e. The van der Waals surface area contributed by atoms with Gasteiger partial charge in [-0.25, -0.2) is 0 Å². The lowest BCUT2D eigenvalue weighted by Crippen LogP contribution is -2.25. The Hall–Kier alpha value is -3.02. The highest BCUT2D eigenvalue weighted by atomic mass is 16.5. The molecule has 26 heavy (non-hydrogen) atoms. The van der Waals surface area contributed by atoms with Gasteiger partial charge in [0.05, 0.1) is 0 Å². The number of amides is 1. The van der Waals surface area contributed by atoms with Gasteiger partial charge in [-0.1, -0.05) is 29.4 Å². The first kappa shape index (κ1) is 19.3. The normalized spacial score (nSPS) is 11.6. The molecule has 0 radical (unpaired) electrons. The van der Waals surface area contributed by atoms with Crippen molar-refractivity contribution in [3.63, 3.8) is 0 Å². The molecule has 0 aliphatic heterocycles. The molecule has 136 valence electrons. The molecule has 2 aromatic carbocycles. The molecule has 4 N–H and O–H groups in total. The van der Waals surface area contributed by atoms with Crippen molar-refractivity contribution in [3.8, 4) is 11.1 Å². The third-order valence-electron chi connectivity index (χ3n) is 4.16. The summed E-state index contributed by atoms with van der Waals surface area (Å²) in [6.07, 6.45) is -0.307. The molecular weight excluding hydrogens is 330 g/mol. The average Bonchev–Trinajstić information content (AvgIpc) is 2.61. The first-order valence-electron chi connectivity index (χ1n) is 8.33. The predicted molar refractivity (Wildman–Crippen MR) is 102 cm³/mol. The van der Waals surface area contributed by atoms with Crippen LogP contribution in [0.3, 0.4) is 0 Å². The van der Waals surface area contributed by atoms with Crippen molar-refractivity contribution >= 4 is 11.6 Å². The lowest BCUT2D eigenvalue weighted by molar-refractivity contribution is -0.130. The van der Waals surface area contributed by atoms with E-state index in [1.807, 2.05) is 50.2 Å². The van der Waals surface area contributed by atoms with Gasteiger partial charge in [-0.2, -0.15) is 0 Å². The van der Waals surface area contributed by atoms with E-state index in [2.05, 4.69) is 10.0 Å². The summed E-state index contributed by atoms with van der Waals surface area (Å²) in [5.41, 5.74) is 25.1. The van der Waals surface area contributed by atoms with E-state index in [9.17, 15) is 4.79 Å². The second kappa shape index (κ2) is 8.89. The molecule has 0 aliphatic rings. The van der Waals surface area contributed by atoms with Crippen molar-refractivity contribution < 1.29 is 9.53 Å². The molecule has 1 atom stereocenters. The number of hydrogen-bond acceptors (Lipinski definition) is 4. The van der Waals surface area contributed by atoms with Crippen LogP contribution in [0.4, 0.5) is 5.69 Å². The van der Waals surface area contributed by atoms with E-state index >= 15 is 0 Å². The van der Waals surface area contributed by atoms with Crippen LogP contribution in [0.1, 0.15) is 29.2 Å². The van der Waals surface area contributed by atoms with Gasteiger partial charge in [-0.15, -0.1) is 0 Å².